The molecule has 22 heavy (non-hydrogen) atoms. The molecule has 0 atom stereocenters. The molecule has 2 N–H and O–H groups in total. The summed E-state index contributed by atoms with van der Waals surface area (Å²) in [6, 6.07) is 6.30. The molecule has 1 aliphatic rings. The number of aryl methyl sites for hydroxylation is 2. The van der Waals surface area contributed by atoms with Crippen LogP contribution in [0.2, 0.25) is 0 Å². The van der Waals surface area contributed by atoms with Crippen LogP contribution < -0.4 is 5.32 Å². The molecule has 4 nitrogen and oxygen atoms in total. The van der Waals surface area contributed by atoms with Gasteiger partial charge in [0.15, 0.2) is 0 Å². The van der Waals surface area contributed by atoms with Crippen LogP contribution in [-0.4, -0.2) is 16.1 Å². The van der Waals surface area contributed by atoms with Crippen LogP contribution >= 0.6 is 0 Å². The minimum atomic E-state index is -0.501. The van der Waals surface area contributed by atoms with Gasteiger partial charge in [-0.05, 0) is 44.4 Å². The third-order valence-electron chi connectivity index (χ3n) is 4.74. The summed E-state index contributed by atoms with van der Waals surface area (Å²) in [5, 5.41) is 10.1. The summed E-state index contributed by atoms with van der Waals surface area (Å²) in [5.74, 6) is -0.256. The Bertz CT molecular complexity index is 667. The van der Waals surface area contributed by atoms with E-state index in [-0.39, 0.29) is 11.7 Å². The highest BCUT2D eigenvalue weighted by molar-refractivity contribution is 5.89. The van der Waals surface area contributed by atoms with Crippen LogP contribution in [-0.2, 0) is 16.8 Å². The second kappa shape index (κ2) is 5.55. The first-order chi connectivity index (χ1) is 10.5. The fourth-order valence-electron chi connectivity index (χ4n) is 3.12. The monoisotopic (exact) mass is 301 g/mol. The fraction of sp³-hybridized carbons (Fsp3) is 0.412. The lowest BCUT2D eigenvalue weighted by Gasteiger charge is -2.40. The quantitative estimate of drug-likeness (QED) is 0.912. The molecule has 1 amide bonds. The van der Waals surface area contributed by atoms with Crippen molar-refractivity contribution >= 4 is 5.91 Å². The molecular formula is C17H20FN3O. The Morgan fingerprint density at radius 1 is 1.32 bits per heavy atom. The normalized spacial score (nSPS) is 16.1. The van der Waals surface area contributed by atoms with Crippen LogP contribution in [0, 0.1) is 19.7 Å². The highest BCUT2D eigenvalue weighted by atomic mass is 19.1. The van der Waals surface area contributed by atoms with Gasteiger partial charge >= 0.3 is 0 Å². The lowest BCUT2D eigenvalue weighted by atomic mass is 9.64. The second-order valence-corrected chi connectivity index (χ2v) is 6.04. The van der Waals surface area contributed by atoms with Gasteiger partial charge in [-0.15, -0.1) is 0 Å². The maximum absolute atomic E-state index is 13.1. The smallest absolute Gasteiger partial charge is 0.230 e. The summed E-state index contributed by atoms with van der Waals surface area (Å²) in [6.07, 6.45) is 2.65. The zero-order valence-electron chi connectivity index (χ0n) is 12.9. The molecule has 0 spiro atoms. The van der Waals surface area contributed by atoms with Gasteiger partial charge in [0.05, 0.1) is 11.1 Å². The van der Waals surface area contributed by atoms with E-state index in [1.54, 1.807) is 12.1 Å². The Morgan fingerprint density at radius 3 is 2.50 bits per heavy atom. The van der Waals surface area contributed by atoms with Crippen molar-refractivity contribution in [3.63, 3.8) is 0 Å². The number of rotatable bonds is 4. The molecule has 0 radical (unpaired) electrons. The van der Waals surface area contributed by atoms with Crippen molar-refractivity contribution in [2.24, 2.45) is 0 Å². The maximum atomic E-state index is 13.1. The molecule has 2 aromatic rings. The molecule has 116 valence electrons. The Hall–Kier alpha value is -2.17. The van der Waals surface area contributed by atoms with E-state index in [4.69, 9.17) is 0 Å². The van der Waals surface area contributed by atoms with E-state index in [1.165, 1.54) is 12.1 Å². The van der Waals surface area contributed by atoms with Crippen molar-refractivity contribution < 1.29 is 9.18 Å². The van der Waals surface area contributed by atoms with Gasteiger partial charge in [0, 0.05) is 17.8 Å². The molecule has 0 unspecified atom stereocenters. The van der Waals surface area contributed by atoms with Crippen molar-refractivity contribution in [3.05, 3.63) is 52.6 Å². The third kappa shape index (κ3) is 2.40. The molecule has 1 fully saturated rings. The summed E-state index contributed by atoms with van der Waals surface area (Å²) in [5.41, 5.74) is 3.31. The molecule has 1 saturated carbocycles. The summed E-state index contributed by atoms with van der Waals surface area (Å²) >= 11 is 0. The van der Waals surface area contributed by atoms with Crippen molar-refractivity contribution in [1.29, 1.82) is 0 Å². The zero-order chi connectivity index (χ0) is 15.7. The van der Waals surface area contributed by atoms with E-state index >= 15 is 0 Å². The number of carbonyl (C=O) groups excluding carboxylic acids is 1. The number of hydrogen-bond acceptors (Lipinski definition) is 2. The number of aromatic nitrogens is 2. The topological polar surface area (TPSA) is 57.8 Å². The predicted octanol–water partition coefficient (Wildman–Crippen LogP) is 2.90. The van der Waals surface area contributed by atoms with E-state index in [1.807, 2.05) is 13.8 Å². The largest absolute Gasteiger partial charge is 0.351 e. The Balaban J connectivity index is 1.76. The molecule has 5 heteroatoms. The van der Waals surface area contributed by atoms with E-state index in [0.717, 1.165) is 41.8 Å². The Labute approximate surface area is 129 Å². The summed E-state index contributed by atoms with van der Waals surface area (Å²) in [6.45, 7) is 4.33. The highest BCUT2D eigenvalue weighted by Gasteiger charge is 2.45. The fourth-order valence-corrected chi connectivity index (χ4v) is 3.12. The standard InChI is InChI=1S/C17H20FN3O/c1-11-15(12(2)21-20-11)10-19-16(22)17(8-3-9-17)13-4-6-14(18)7-5-13/h4-7H,3,8-10H2,1-2H3,(H,19,22)(H,20,21). The molecule has 3 rings (SSSR count). The molecule has 1 heterocycles. The van der Waals surface area contributed by atoms with Crippen molar-refractivity contribution in [2.45, 2.75) is 45.1 Å². The molecular weight excluding hydrogens is 281 g/mol. The summed E-state index contributed by atoms with van der Waals surface area (Å²) in [7, 11) is 0. The van der Waals surface area contributed by atoms with Crippen LogP contribution in [0.4, 0.5) is 4.39 Å². The van der Waals surface area contributed by atoms with Gasteiger partial charge in [-0.3, -0.25) is 9.89 Å². The number of amides is 1. The highest BCUT2D eigenvalue weighted by Crippen LogP contribution is 2.44. The van der Waals surface area contributed by atoms with Gasteiger partial charge in [-0.2, -0.15) is 5.10 Å². The van der Waals surface area contributed by atoms with Gasteiger partial charge < -0.3 is 5.32 Å². The van der Waals surface area contributed by atoms with Crippen LogP contribution in [0.1, 0.15) is 41.8 Å². The van der Waals surface area contributed by atoms with Gasteiger partial charge in [0.25, 0.3) is 0 Å². The Kier molecular flexibility index (Phi) is 3.72. The van der Waals surface area contributed by atoms with E-state index in [9.17, 15) is 9.18 Å². The summed E-state index contributed by atoms with van der Waals surface area (Å²) in [4.78, 5) is 12.7. The van der Waals surface area contributed by atoms with Crippen LogP contribution in [0.15, 0.2) is 24.3 Å². The number of nitrogens with zero attached hydrogens (tertiary/aromatic N) is 1. The first-order valence-corrected chi connectivity index (χ1v) is 7.58. The van der Waals surface area contributed by atoms with Crippen LogP contribution in [0.3, 0.4) is 0 Å². The molecule has 0 bridgehead atoms. The minimum Gasteiger partial charge on any atom is -0.351 e. The van der Waals surface area contributed by atoms with Crippen molar-refractivity contribution in [3.8, 4) is 0 Å². The van der Waals surface area contributed by atoms with Gasteiger partial charge in [-0.1, -0.05) is 18.6 Å². The van der Waals surface area contributed by atoms with E-state index in [0.29, 0.717) is 6.54 Å². The molecule has 0 aliphatic heterocycles. The average molecular weight is 301 g/mol. The lowest BCUT2D eigenvalue weighted by molar-refractivity contribution is -0.130. The average Bonchev–Trinajstić information content (AvgIpc) is 2.77. The minimum absolute atomic E-state index is 0.0189. The maximum Gasteiger partial charge on any atom is 0.230 e. The summed E-state index contributed by atoms with van der Waals surface area (Å²) < 4.78 is 13.1. The number of hydrogen-bond donors (Lipinski definition) is 2. The SMILES string of the molecule is Cc1n[nH]c(C)c1CNC(=O)C1(c2ccc(F)cc2)CCC1. The van der Waals surface area contributed by atoms with Gasteiger partial charge in [0.1, 0.15) is 5.82 Å². The Morgan fingerprint density at radius 2 is 2.00 bits per heavy atom. The zero-order valence-corrected chi connectivity index (χ0v) is 12.9. The molecule has 1 aromatic heterocycles. The van der Waals surface area contributed by atoms with E-state index in [2.05, 4.69) is 15.5 Å². The van der Waals surface area contributed by atoms with Crippen LogP contribution in [0.5, 0.6) is 0 Å². The van der Waals surface area contributed by atoms with Gasteiger partial charge in [-0.25, -0.2) is 4.39 Å². The molecule has 0 saturated heterocycles. The first-order valence-electron chi connectivity index (χ1n) is 7.58. The number of aromatic amines is 1. The number of H-pyrrole nitrogens is 1. The lowest BCUT2D eigenvalue weighted by Crippen LogP contribution is -2.49. The van der Waals surface area contributed by atoms with Crippen LogP contribution in [0.25, 0.3) is 0 Å². The second-order valence-electron chi connectivity index (χ2n) is 6.04. The van der Waals surface area contributed by atoms with Crippen molar-refractivity contribution in [2.75, 3.05) is 0 Å². The third-order valence-corrected chi connectivity index (χ3v) is 4.74. The number of carbonyl (C=O) groups is 1. The number of halogens is 1. The molecule has 1 aromatic carbocycles. The number of nitrogens with one attached hydrogen (secondary N) is 2. The number of benzene rings is 1. The first kappa shape index (κ1) is 14.8. The van der Waals surface area contributed by atoms with E-state index < -0.39 is 5.41 Å². The molecule has 1 aliphatic carbocycles. The predicted molar refractivity (Wildman–Crippen MR) is 81.8 cm³/mol. The van der Waals surface area contributed by atoms with Crippen molar-refractivity contribution in [1.82, 2.24) is 15.5 Å². The van der Waals surface area contributed by atoms with Gasteiger partial charge in [0.2, 0.25) is 5.91 Å².